The fourth-order valence-electron chi connectivity index (χ4n) is 2.72. The van der Waals surface area contributed by atoms with E-state index in [2.05, 4.69) is 15.9 Å². The van der Waals surface area contributed by atoms with Gasteiger partial charge < -0.3 is 0 Å². The average molecular weight is 357 g/mol. The quantitative estimate of drug-likeness (QED) is 0.569. The van der Waals surface area contributed by atoms with Gasteiger partial charge in [0.05, 0.1) is 10.4 Å². The largest absolute Gasteiger partial charge is 0.416 e. The highest BCUT2D eigenvalue weighted by atomic mass is 79.9. The van der Waals surface area contributed by atoms with Gasteiger partial charge in [-0.05, 0) is 49.1 Å². The molecular formula is C17H16BrF3. The van der Waals surface area contributed by atoms with E-state index in [1.807, 2.05) is 32.9 Å². The third kappa shape index (κ3) is 3.31. The molecule has 0 N–H and O–H groups in total. The Morgan fingerprint density at radius 2 is 1.48 bits per heavy atom. The Morgan fingerprint density at radius 1 is 0.952 bits per heavy atom. The Balaban J connectivity index is 2.59. The van der Waals surface area contributed by atoms with Crippen LogP contribution < -0.4 is 0 Å². The minimum absolute atomic E-state index is 0.250. The number of rotatable bonds is 2. The Morgan fingerprint density at radius 3 is 2.00 bits per heavy atom. The van der Waals surface area contributed by atoms with Crippen molar-refractivity contribution in [3.05, 3.63) is 69.8 Å². The van der Waals surface area contributed by atoms with Gasteiger partial charge in [-0.15, -0.1) is 0 Å². The SMILES string of the molecule is Cc1cc(C)c(C(Br)c2ccccc2C(F)(F)F)c(C)c1. The van der Waals surface area contributed by atoms with E-state index in [0.717, 1.165) is 28.3 Å². The number of halogens is 4. The molecule has 112 valence electrons. The summed E-state index contributed by atoms with van der Waals surface area (Å²) in [6.45, 7) is 5.84. The first-order chi connectivity index (χ1) is 9.71. The number of benzene rings is 2. The highest BCUT2D eigenvalue weighted by molar-refractivity contribution is 9.09. The Hall–Kier alpha value is -1.29. The summed E-state index contributed by atoms with van der Waals surface area (Å²) >= 11 is 3.46. The van der Waals surface area contributed by atoms with Crippen LogP contribution in [0.3, 0.4) is 0 Å². The van der Waals surface area contributed by atoms with Gasteiger partial charge in [0, 0.05) is 0 Å². The smallest absolute Gasteiger partial charge is 0.166 e. The molecule has 1 unspecified atom stereocenters. The second-order valence-electron chi connectivity index (χ2n) is 5.26. The molecule has 0 bridgehead atoms. The third-order valence-electron chi connectivity index (χ3n) is 3.53. The minimum atomic E-state index is -4.35. The van der Waals surface area contributed by atoms with Gasteiger partial charge in [-0.3, -0.25) is 0 Å². The van der Waals surface area contributed by atoms with Crippen LogP contribution in [0.4, 0.5) is 13.2 Å². The molecule has 21 heavy (non-hydrogen) atoms. The van der Waals surface area contributed by atoms with Crippen molar-refractivity contribution in [1.29, 1.82) is 0 Å². The molecule has 0 aromatic heterocycles. The third-order valence-corrected chi connectivity index (χ3v) is 4.48. The Kier molecular flexibility index (Phi) is 4.47. The van der Waals surface area contributed by atoms with E-state index in [-0.39, 0.29) is 5.56 Å². The molecule has 0 spiro atoms. The van der Waals surface area contributed by atoms with Crippen molar-refractivity contribution in [2.45, 2.75) is 31.8 Å². The van der Waals surface area contributed by atoms with Crippen molar-refractivity contribution in [2.24, 2.45) is 0 Å². The Labute approximate surface area is 131 Å². The lowest BCUT2D eigenvalue weighted by molar-refractivity contribution is -0.138. The summed E-state index contributed by atoms with van der Waals surface area (Å²) in [5, 5.41) is 0. The van der Waals surface area contributed by atoms with Crippen LogP contribution in [-0.4, -0.2) is 0 Å². The highest BCUT2D eigenvalue weighted by Crippen LogP contribution is 2.42. The molecule has 0 saturated heterocycles. The van der Waals surface area contributed by atoms with E-state index in [1.54, 1.807) is 6.07 Å². The summed E-state index contributed by atoms with van der Waals surface area (Å²) in [7, 11) is 0. The van der Waals surface area contributed by atoms with Crippen molar-refractivity contribution in [3.8, 4) is 0 Å². The van der Waals surface area contributed by atoms with E-state index in [0.29, 0.717) is 0 Å². The predicted octanol–water partition coefficient (Wildman–Crippen LogP) is 6.11. The van der Waals surface area contributed by atoms with Gasteiger partial charge in [-0.25, -0.2) is 0 Å². The first kappa shape index (κ1) is 16.1. The van der Waals surface area contributed by atoms with Crippen molar-refractivity contribution in [3.63, 3.8) is 0 Å². The maximum Gasteiger partial charge on any atom is 0.416 e. The van der Waals surface area contributed by atoms with Gasteiger partial charge in [0.2, 0.25) is 0 Å². The van der Waals surface area contributed by atoms with Gasteiger partial charge >= 0.3 is 6.18 Å². The van der Waals surface area contributed by atoms with Crippen LogP contribution in [0.2, 0.25) is 0 Å². The summed E-state index contributed by atoms with van der Waals surface area (Å²) in [5.41, 5.74) is 3.65. The number of aryl methyl sites for hydroxylation is 3. The first-order valence-corrected chi connectivity index (χ1v) is 7.51. The minimum Gasteiger partial charge on any atom is -0.166 e. The molecule has 0 saturated carbocycles. The molecule has 4 heteroatoms. The van der Waals surface area contributed by atoms with Gasteiger partial charge in [0.25, 0.3) is 0 Å². The Bertz CT molecular complexity index is 636. The predicted molar refractivity (Wildman–Crippen MR) is 82.9 cm³/mol. The molecule has 0 radical (unpaired) electrons. The first-order valence-electron chi connectivity index (χ1n) is 6.59. The molecule has 2 rings (SSSR count). The zero-order valence-electron chi connectivity index (χ0n) is 12.1. The van der Waals surface area contributed by atoms with Gasteiger partial charge in [0.1, 0.15) is 0 Å². The average Bonchev–Trinajstić information content (AvgIpc) is 2.36. The zero-order valence-corrected chi connectivity index (χ0v) is 13.6. The standard InChI is InChI=1S/C17H16BrF3/c1-10-8-11(2)15(12(3)9-10)16(18)13-6-4-5-7-14(13)17(19,20)21/h4-9,16H,1-3H3. The molecule has 0 aliphatic heterocycles. The van der Waals surface area contributed by atoms with Crippen LogP contribution in [-0.2, 0) is 6.18 Å². The fraction of sp³-hybridized carbons (Fsp3) is 0.294. The van der Waals surface area contributed by atoms with Gasteiger partial charge in [-0.2, -0.15) is 13.2 Å². The lowest BCUT2D eigenvalue weighted by atomic mass is 9.92. The molecule has 0 fully saturated rings. The lowest BCUT2D eigenvalue weighted by Gasteiger charge is -2.21. The summed E-state index contributed by atoms with van der Waals surface area (Å²) in [6.07, 6.45) is -4.35. The van der Waals surface area contributed by atoms with E-state index in [4.69, 9.17) is 0 Å². The number of alkyl halides is 4. The second kappa shape index (κ2) is 5.84. The van der Waals surface area contributed by atoms with Crippen LogP contribution in [0.25, 0.3) is 0 Å². The normalized spacial score (nSPS) is 13.3. The second-order valence-corrected chi connectivity index (χ2v) is 6.18. The van der Waals surface area contributed by atoms with E-state index < -0.39 is 16.6 Å². The molecule has 0 aliphatic carbocycles. The highest BCUT2D eigenvalue weighted by Gasteiger charge is 2.35. The zero-order chi connectivity index (χ0) is 15.8. The van der Waals surface area contributed by atoms with Crippen LogP contribution in [0.1, 0.15) is 38.2 Å². The van der Waals surface area contributed by atoms with Crippen molar-refractivity contribution in [1.82, 2.24) is 0 Å². The monoisotopic (exact) mass is 356 g/mol. The number of hydrogen-bond donors (Lipinski definition) is 0. The van der Waals surface area contributed by atoms with Crippen molar-refractivity contribution >= 4 is 15.9 Å². The van der Waals surface area contributed by atoms with E-state index in [1.165, 1.54) is 12.1 Å². The fourth-order valence-corrected chi connectivity index (χ4v) is 3.84. The lowest BCUT2D eigenvalue weighted by Crippen LogP contribution is -2.11. The topological polar surface area (TPSA) is 0 Å². The maximum atomic E-state index is 13.2. The molecule has 2 aromatic carbocycles. The van der Waals surface area contributed by atoms with Crippen molar-refractivity contribution < 1.29 is 13.2 Å². The van der Waals surface area contributed by atoms with E-state index in [9.17, 15) is 13.2 Å². The molecule has 0 aliphatic rings. The summed E-state index contributed by atoms with van der Waals surface area (Å²) in [4.78, 5) is -0.476. The molecule has 0 amide bonds. The molecule has 2 aromatic rings. The maximum absolute atomic E-state index is 13.2. The van der Waals surface area contributed by atoms with Crippen LogP contribution in [0.15, 0.2) is 36.4 Å². The molecule has 1 atom stereocenters. The van der Waals surface area contributed by atoms with E-state index >= 15 is 0 Å². The molecule has 0 heterocycles. The summed E-state index contributed by atoms with van der Waals surface area (Å²) < 4.78 is 39.5. The van der Waals surface area contributed by atoms with Crippen LogP contribution in [0.5, 0.6) is 0 Å². The number of hydrogen-bond acceptors (Lipinski definition) is 0. The summed E-state index contributed by atoms with van der Waals surface area (Å²) in [5.74, 6) is 0. The van der Waals surface area contributed by atoms with Gasteiger partial charge in [0.15, 0.2) is 0 Å². The van der Waals surface area contributed by atoms with Crippen LogP contribution >= 0.6 is 15.9 Å². The van der Waals surface area contributed by atoms with Crippen molar-refractivity contribution in [2.75, 3.05) is 0 Å². The molecule has 0 nitrogen and oxygen atoms in total. The molecular weight excluding hydrogens is 341 g/mol. The summed E-state index contributed by atoms with van der Waals surface area (Å²) in [6, 6.07) is 9.70. The van der Waals surface area contributed by atoms with Gasteiger partial charge in [-0.1, -0.05) is 51.8 Å². The van der Waals surface area contributed by atoms with Crippen LogP contribution in [0, 0.1) is 20.8 Å².